The number of likely N-dealkylation sites (N-methyl/N-ethyl adjacent to an activating group) is 1. The van der Waals surface area contributed by atoms with Crippen LogP contribution in [0, 0.1) is 0 Å². The number of rotatable bonds is 3. The molecule has 1 N–H and O–H groups in total. The number of nitrogens with zero attached hydrogens (tertiary/aromatic N) is 3. The first-order valence-corrected chi connectivity index (χ1v) is 6.31. The molecule has 0 bridgehead atoms. The highest BCUT2D eigenvalue weighted by Gasteiger charge is 2.33. The van der Waals surface area contributed by atoms with Crippen molar-refractivity contribution in [1.82, 2.24) is 15.3 Å². The van der Waals surface area contributed by atoms with Crippen molar-refractivity contribution in [3.8, 4) is 0 Å². The lowest BCUT2D eigenvalue weighted by Crippen LogP contribution is -2.43. The Morgan fingerprint density at radius 1 is 1.42 bits per heavy atom. The predicted molar refractivity (Wildman–Crippen MR) is 65.9 cm³/mol. The van der Waals surface area contributed by atoms with Gasteiger partial charge in [-0.15, -0.1) is 0 Å². The fourth-order valence-electron chi connectivity index (χ4n) is 2.18. The average Bonchev–Trinajstić information content (AvgIpc) is 2.39. The molecule has 1 saturated heterocycles. The molecule has 1 fully saturated rings. The maximum Gasteiger partial charge on any atom is 0.433 e. The molecule has 0 radical (unpaired) electrons. The van der Waals surface area contributed by atoms with Crippen LogP contribution in [-0.4, -0.2) is 36.1 Å². The van der Waals surface area contributed by atoms with E-state index in [0.717, 1.165) is 38.1 Å². The topological polar surface area (TPSA) is 41.0 Å². The van der Waals surface area contributed by atoms with Crippen molar-refractivity contribution in [2.75, 3.05) is 25.0 Å². The number of aromatic nitrogens is 2. The van der Waals surface area contributed by atoms with Gasteiger partial charge in [0.2, 0.25) is 5.95 Å². The lowest BCUT2D eigenvalue weighted by atomic mass is 10.0. The van der Waals surface area contributed by atoms with Crippen molar-refractivity contribution in [1.29, 1.82) is 0 Å². The van der Waals surface area contributed by atoms with E-state index in [-0.39, 0.29) is 12.0 Å². The standard InChI is InChI=1S/C12H17F3N4/c1-19(8-9-4-2-3-6-16-9)11-17-7-5-10(18-11)12(13,14)15/h5,7,9,16H,2-4,6,8H2,1H3. The molecular weight excluding hydrogens is 257 g/mol. The van der Waals surface area contributed by atoms with Crippen LogP contribution in [0.5, 0.6) is 0 Å². The van der Waals surface area contributed by atoms with E-state index < -0.39 is 11.9 Å². The second-order valence-corrected chi connectivity index (χ2v) is 4.77. The van der Waals surface area contributed by atoms with Crippen molar-refractivity contribution in [3.63, 3.8) is 0 Å². The van der Waals surface area contributed by atoms with E-state index in [1.54, 1.807) is 11.9 Å². The van der Waals surface area contributed by atoms with Crippen molar-refractivity contribution in [2.24, 2.45) is 0 Å². The summed E-state index contributed by atoms with van der Waals surface area (Å²) in [5, 5.41) is 3.35. The fraction of sp³-hybridized carbons (Fsp3) is 0.667. The second-order valence-electron chi connectivity index (χ2n) is 4.77. The Balaban J connectivity index is 2.04. The van der Waals surface area contributed by atoms with Crippen LogP contribution in [0.3, 0.4) is 0 Å². The lowest BCUT2D eigenvalue weighted by Gasteiger charge is -2.28. The molecule has 1 aromatic heterocycles. The minimum atomic E-state index is -4.43. The maximum atomic E-state index is 12.6. The average molecular weight is 274 g/mol. The second kappa shape index (κ2) is 5.73. The third-order valence-corrected chi connectivity index (χ3v) is 3.18. The highest BCUT2D eigenvalue weighted by atomic mass is 19.4. The highest BCUT2D eigenvalue weighted by Crippen LogP contribution is 2.28. The van der Waals surface area contributed by atoms with Gasteiger partial charge in [-0.05, 0) is 25.5 Å². The summed E-state index contributed by atoms with van der Waals surface area (Å²) in [6.07, 6.45) is 0.0517. The molecule has 106 valence electrons. The Labute approximate surface area is 110 Å². The smallest absolute Gasteiger partial charge is 0.342 e. The molecule has 2 rings (SSSR count). The normalized spacial score (nSPS) is 20.3. The van der Waals surface area contributed by atoms with Gasteiger partial charge >= 0.3 is 6.18 Å². The number of hydrogen-bond acceptors (Lipinski definition) is 4. The van der Waals surface area contributed by atoms with Crippen LogP contribution in [-0.2, 0) is 6.18 Å². The molecule has 19 heavy (non-hydrogen) atoms. The molecule has 1 aliphatic heterocycles. The number of nitrogens with one attached hydrogen (secondary N) is 1. The van der Waals surface area contributed by atoms with Gasteiger partial charge in [0.15, 0.2) is 0 Å². The summed E-state index contributed by atoms with van der Waals surface area (Å²) in [5.41, 5.74) is -0.902. The molecule has 0 saturated carbocycles. The first-order valence-electron chi connectivity index (χ1n) is 6.31. The Kier molecular flexibility index (Phi) is 4.24. The maximum absolute atomic E-state index is 12.6. The number of halogens is 3. The van der Waals surface area contributed by atoms with Gasteiger partial charge in [0.1, 0.15) is 5.69 Å². The summed E-state index contributed by atoms with van der Waals surface area (Å²) in [7, 11) is 1.71. The van der Waals surface area contributed by atoms with Crippen molar-refractivity contribution in [2.45, 2.75) is 31.5 Å². The molecule has 0 aromatic carbocycles. The molecule has 1 aromatic rings. The minimum Gasteiger partial charge on any atom is -0.342 e. The summed E-state index contributed by atoms with van der Waals surface area (Å²) >= 11 is 0. The summed E-state index contributed by atoms with van der Waals surface area (Å²) in [6.45, 7) is 1.57. The molecule has 0 aliphatic carbocycles. The van der Waals surface area contributed by atoms with Crippen LogP contribution < -0.4 is 10.2 Å². The highest BCUT2D eigenvalue weighted by molar-refractivity contribution is 5.29. The van der Waals surface area contributed by atoms with Crippen LogP contribution in [0.25, 0.3) is 0 Å². The van der Waals surface area contributed by atoms with Gasteiger partial charge < -0.3 is 10.2 Å². The quantitative estimate of drug-likeness (QED) is 0.916. The van der Waals surface area contributed by atoms with E-state index in [9.17, 15) is 13.2 Å². The molecule has 4 nitrogen and oxygen atoms in total. The predicted octanol–water partition coefficient (Wildman–Crippen LogP) is 2.07. The van der Waals surface area contributed by atoms with Crippen molar-refractivity contribution < 1.29 is 13.2 Å². The van der Waals surface area contributed by atoms with E-state index in [0.29, 0.717) is 6.54 Å². The Bertz CT molecular complexity index is 416. The molecule has 0 amide bonds. The number of alkyl halides is 3. The summed E-state index contributed by atoms with van der Waals surface area (Å²) in [6, 6.07) is 1.17. The van der Waals surface area contributed by atoms with E-state index >= 15 is 0 Å². The van der Waals surface area contributed by atoms with Crippen LogP contribution in [0.4, 0.5) is 19.1 Å². The van der Waals surface area contributed by atoms with Crippen LogP contribution >= 0.6 is 0 Å². The Morgan fingerprint density at radius 2 is 2.21 bits per heavy atom. The zero-order chi connectivity index (χ0) is 13.9. The van der Waals surface area contributed by atoms with Crippen LogP contribution in [0.1, 0.15) is 25.0 Å². The lowest BCUT2D eigenvalue weighted by molar-refractivity contribution is -0.141. The number of anilines is 1. The summed E-state index contributed by atoms with van der Waals surface area (Å²) in [4.78, 5) is 9.14. The van der Waals surface area contributed by atoms with Gasteiger partial charge in [-0.3, -0.25) is 0 Å². The molecule has 2 heterocycles. The third-order valence-electron chi connectivity index (χ3n) is 3.18. The molecular formula is C12H17F3N4. The fourth-order valence-corrected chi connectivity index (χ4v) is 2.18. The number of hydrogen-bond donors (Lipinski definition) is 1. The van der Waals surface area contributed by atoms with E-state index in [4.69, 9.17) is 0 Å². The largest absolute Gasteiger partial charge is 0.433 e. The van der Waals surface area contributed by atoms with Gasteiger partial charge in [-0.25, -0.2) is 9.97 Å². The Hall–Kier alpha value is -1.37. The molecule has 1 unspecified atom stereocenters. The van der Waals surface area contributed by atoms with Gasteiger partial charge in [0.05, 0.1) is 0 Å². The minimum absolute atomic E-state index is 0.113. The zero-order valence-corrected chi connectivity index (χ0v) is 10.7. The SMILES string of the molecule is CN(CC1CCCCN1)c1nccc(C(F)(F)F)n1. The summed E-state index contributed by atoms with van der Waals surface area (Å²) < 4.78 is 37.7. The first kappa shape index (κ1) is 14.0. The zero-order valence-electron chi connectivity index (χ0n) is 10.7. The van der Waals surface area contributed by atoms with Gasteiger partial charge in [0, 0.05) is 25.8 Å². The molecule has 1 atom stereocenters. The Morgan fingerprint density at radius 3 is 2.84 bits per heavy atom. The third kappa shape index (κ3) is 3.79. The molecule has 0 spiro atoms. The van der Waals surface area contributed by atoms with Crippen LogP contribution in [0.15, 0.2) is 12.3 Å². The van der Waals surface area contributed by atoms with E-state index in [1.807, 2.05) is 0 Å². The monoisotopic (exact) mass is 274 g/mol. The van der Waals surface area contributed by atoms with Gasteiger partial charge in [-0.1, -0.05) is 6.42 Å². The van der Waals surface area contributed by atoms with Gasteiger partial charge in [-0.2, -0.15) is 13.2 Å². The van der Waals surface area contributed by atoms with Crippen molar-refractivity contribution >= 4 is 5.95 Å². The van der Waals surface area contributed by atoms with Crippen LogP contribution in [0.2, 0.25) is 0 Å². The molecule has 7 heteroatoms. The van der Waals surface area contributed by atoms with Crippen molar-refractivity contribution in [3.05, 3.63) is 18.0 Å². The van der Waals surface area contributed by atoms with Gasteiger partial charge in [0.25, 0.3) is 0 Å². The number of piperidine rings is 1. The first-order chi connectivity index (χ1) is 8.97. The summed E-state index contributed by atoms with van der Waals surface area (Å²) in [5.74, 6) is 0.113. The van der Waals surface area contributed by atoms with E-state index in [1.165, 1.54) is 0 Å². The van der Waals surface area contributed by atoms with E-state index in [2.05, 4.69) is 15.3 Å². The molecule has 1 aliphatic rings.